The van der Waals surface area contributed by atoms with Crippen LogP contribution in [0.15, 0.2) is 18.3 Å². The molecule has 0 aliphatic rings. The Bertz CT molecular complexity index is 391. The molecule has 1 aromatic heterocycles. The Balaban J connectivity index is 2.70. The summed E-state index contributed by atoms with van der Waals surface area (Å²) in [6, 6.07) is 3.46. The highest BCUT2D eigenvalue weighted by molar-refractivity contribution is 5.98. The van der Waals surface area contributed by atoms with Gasteiger partial charge in [0, 0.05) is 26.9 Å². The maximum Gasteiger partial charge on any atom is 0.255 e. The summed E-state index contributed by atoms with van der Waals surface area (Å²) >= 11 is 0. The third-order valence-electron chi connectivity index (χ3n) is 2.52. The lowest BCUT2D eigenvalue weighted by Gasteiger charge is -2.23. The molecular formula is C12H19N3O2. The molecule has 1 heterocycles. The number of carbonyl (C=O) groups excluding carboxylic acids is 1. The van der Waals surface area contributed by atoms with Crippen LogP contribution in [0.2, 0.25) is 0 Å². The fraction of sp³-hybridized carbons (Fsp3) is 0.500. The van der Waals surface area contributed by atoms with E-state index in [1.807, 2.05) is 13.8 Å². The van der Waals surface area contributed by atoms with E-state index in [-0.39, 0.29) is 11.5 Å². The van der Waals surface area contributed by atoms with Gasteiger partial charge in [-0.3, -0.25) is 4.79 Å². The van der Waals surface area contributed by atoms with Gasteiger partial charge in [0.25, 0.3) is 5.91 Å². The number of amides is 1. The van der Waals surface area contributed by atoms with Crippen molar-refractivity contribution in [2.24, 2.45) is 0 Å². The first-order valence-corrected chi connectivity index (χ1v) is 5.46. The second kappa shape index (κ2) is 5.63. The van der Waals surface area contributed by atoms with Crippen LogP contribution < -0.4 is 10.6 Å². The number of nitrogens with zero attached hydrogens (tertiary/aromatic N) is 1. The van der Waals surface area contributed by atoms with E-state index in [2.05, 4.69) is 15.6 Å². The van der Waals surface area contributed by atoms with E-state index < -0.39 is 0 Å². The number of ether oxygens (including phenoxy) is 1. The van der Waals surface area contributed by atoms with Crippen molar-refractivity contribution < 1.29 is 9.53 Å². The maximum atomic E-state index is 11.9. The molecule has 1 amide bonds. The van der Waals surface area contributed by atoms with Crippen molar-refractivity contribution in [1.82, 2.24) is 10.3 Å². The van der Waals surface area contributed by atoms with Crippen molar-refractivity contribution in [2.45, 2.75) is 19.4 Å². The first kappa shape index (κ1) is 13.4. The number of hydrogen-bond acceptors (Lipinski definition) is 4. The zero-order valence-corrected chi connectivity index (χ0v) is 10.7. The number of aromatic nitrogens is 1. The standard InChI is InChI=1S/C12H19N3O2/c1-12(2,17-4)8-15-11(16)9-6-5-7-14-10(9)13-3/h5-7H,8H2,1-4H3,(H,13,14)(H,15,16). The van der Waals surface area contributed by atoms with Gasteiger partial charge in [-0.05, 0) is 26.0 Å². The first-order chi connectivity index (χ1) is 8.00. The topological polar surface area (TPSA) is 63.2 Å². The maximum absolute atomic E-state index is 11.9. The Morgan fingerprint density at radius 1 is 1.53 bits per heavy atom. The Morgan fingerprint density at radius 2 is 2.24 bits per heavy atom. The van der Waals surface area contributed by atoms with Crippen LogP contribution >= 0.6 is 0 Å². The van der Waals surface area contributed by atoms with Gasteiger partial charge in [0.1, 0.15) is 5.82 Å². The number of carbonyl (C=O) groups is 1. The molecule has 94 valence electrons. The molecule has 0 unspecified atom stereocenters. The Hall–Kier alpha value is -1.62. The van der Waals surface area contributed by atoms with E-state index in [1.54, 1.807) is 32.5 Å². The quantitative estimate of drug-likeness (QED) is 0.809. The number of nitrogens with one attached hydrogen (secondary N) is 2. The molecule has 0 aliphatic carbocycles. The third kappa shape index (κ3) is 3.71. The van der Waals surface area contributed by atoms with Gasteiger partial charge in [-0.25, -0.2) is 4.98 Å². The molecule has 0 fully saturated rings. The third-order valence-corrected chi connectivity index (χ3v) is 2.52. The molecule has 0 aliphatic heterocycles. The average molecular weight is 237 g/mol. The van der Waals surface area contributed by atoms with Gasteiger partial charge in [-0.15, -0.1) is 0 Å². The molecule has 5 nitrogen and oxygen atoms in total. The highest BCUT2D eigenvalue weighted by atomic mass is 16.5. The molecule has 0 spiro atoms. The predicted octanol–water partition coefficient (Wildman–Crippen LogP) is 1.28. The number of rotatable bonds is 5. The minimum Gasteiger partial charge on any atom is -0.377 e. The molecule has 0 saturated carbocycles. The average Bonchev–Trinajstić information content (AvgIpc) is 2.36. The molecule has 0 aromatic carbocycles. The Kier molecular flexibility index (Phi) is 4.45. The van der Waals surface area contributed by atoms with E-state index >= 15 is 0 Å². The van der Waals surface area contributed by atoms with Crippen LogP contribution in [0, 0.1) is 0 Å². The number of anilines is 1. The van der Waals surface area contributed by atoms with Crippen LogP contribution in [0.25, 0.3) is 0 Å². The molecule has 0 radical (unpaired) electrons. The van der Waals surface area contributed by atoms with E-state index in [0.717, 1.165) is 0 Å². The summed E-state index contributed by atoms with van der Waals surface area (Å²) in [5.74, 6) is 0.410. The number of pyridine rings is 1. The lowest BCUT2D eigenvalue weighted by Crippen LogP contribution is -2.39. The first-order valence-electron chi connectivity index (χ1n) is 5.46. The molecule has 0 bridgehead atoms. The van der Waals surface area contributed by atoms with Gasteiger partial charge < -0.3 is 15.4 Å². The fourth-order valence-corrected chi connectivity index (χ4v) is 1.25. The van der Waals surface area contributed by atoms with Gasteiger partial charge in [0.05, 0.1) is 11.2 Å². The van der Waals surface area contributed by atoms with E-state index in [4.69, 9.17) is 4.74 Å². The summed E-state index contributed by atoms with van der Waals surface area (Å²) in [6.45, 7) is 4.27. The summed E-state index contributed by atoms with van der Waals surface area (Å²) in [7, 11) is 3.35. The van der Waals surface area contributed by atoms with Crippen LogP contribution in [-0.4, -0.2) is 37.2 Å². The smallest absolute Gasteiger partial charge is 0.255 e. The van der Waals surface area contributed by atoms with E-state index in [0.29, 0.717) is 17.9 Å². The van der Waals surface area contributed by atoms with Crippen LogP contribution in [0.3, 0.4) is 0 Å². The zero-order valence-electron chi connectivity index (χ0n) is 10.7. The van der Waals surface area contributed by atoms with Crippen LogP contribution in [-0.2, 0) is 4.74 Å². The number of hydrogen-bond donors (Lipinski definition) is 2. The fourth-order valence-electron chi connectivity index (χ4n) is 1.25. The largest absolute Gasteiger partial charge is 0.377 e. The van der Waals surface area contributed by atoms with Crippen LogP contribution in [0.5, 0.6) is 0 Å². The van der Waals surface area contributed by atoms with Gasteiger partial charge in [0.15, 0.2) is 0 Å². The van der Waals surface area contributed by atoms with Crippen LogP contribution in [0.4, 0.5) is 5.82 Å². The molecule has 1 rings (SSSR count). The normalized spacial score (nSPS) is 11.1. The van der Waals surface area contributed by atoms with Crippen molar-refractivity contribution in [3.05, 3.63) is 23.9 Å². The second-order valence-electron chi connectivity index (χ2n) is 4.30. The molecule has 0 atom stereocenters. The SMILES string of the molecule is CNc1ncccc1C(=O)NCC(C)(C)OC. The summed E-state index contributed by atoms with van der Waals surface area (Å²) in [5.41, 5.74) is 0.152. The minimum absolute atomic E-state index is 0.160. The van der Waals surface area contributed by atoms with Crippen molar-refractivity contribution in [2.75, 3.05) is 26.0 Å². The van der Waals surface area contributed by atoms with Crippen molar-refractivity contribution in [1.29, 1.82) is 0 Å². The second-order valence-corrected chi connectivity index (χ2v) is 4.30. The molecular weight excluding hydrogens is 218 g/mol. The summed E-state index contributed by atoms with van der Waals surface area (Å²) in [5, 5.41) is 5.71. The molecule has 1 aromatic rings. The van der Waals surface area contributed by atoms with Gasteiger partial charge >= 0.3 is 0 Å². The molecule has 17 heavy (non-hydrogen) atoms. The lowest BCUT2D eigenvalue weighted by molar-refractivity contribution is 0.0229. The summed E-state index contributed by atoms with van der Waals surface area (Å²) in [6.07, 6.45) is 1.64. The van der Waals surface area contributed by atoms with Gasteiger partial charge in [-0.2, -0.15) is 0 Å². The van der Waals surface area contributed by atoms with Crippen molar-refractivity contribution >= 4 is 11.7 Å². The zero-order chi connectivity index (χ0) is 12.9. The van der Waals surface area contributed by atoms with E-state index in [9.17, 15) is 4.79 Å². The summed E-state index contributed by atoms with van der Waals surface area (Å²) in [4.78, 5) is 16.0. The number of methoxy groups -OCH3 is 1. The van der Waals surface area contributed by atoms with Crippen molar-refractivity contribution in [3.63, 3.8) is 0 Å². The molecule has 5 heteroatoms. The molecule has 2 N–H and O–H groups in total. The van der Waals surface area contributed by atoms with Gasteiger partial charge in [0.2, 0.25) is 0 Å². The lowest BCUT2D eigenvalue weighted by atomic mass is 10.1. The van der Waals surface area contributed by atoms with Crippen LogP contribution in [0.1, 0.15) is 24.2 Å². The van der Waals surface area contributed by atoms with E-state index in [1.165, 1.54) is 0 Å². The highest BCUT2D eigenvalue weighted by Gasteiger charge is 2.19. The highest BCUT2D eigenvalue weighted by Crippen LogP contribution is 2.11. The predicted molar refractivity (Wildman–Crippen MR) is 67.2 cm³/mol. The van der Waals surface area contributed by atoms with Crippen molar-refractivity contribution in [3.8, 4) is 0 Å². The van der Waals surface area contributed by atoms with Gasteiger partial charge in [-0.1, -0.05) is 0 Å². The summed E-state index contributed by atoms with van der Waals surface area (Å²) < 4.78 is 5.23. The monoisotopic (exact) mass is 237 g/mol. The minimum atomic E-state index is -0.377. The Labute approximate surface area is 102 Å². The molecule has 0 saturated heterocycles. The Morgan fingerprint density at radius 3 is 2.82 bits per heavy atom.